The molecule has 4 rings (SSSR count). The van der Waals surface area contributed by atoms with Crippen LogP contribution in [0.3, 0.4) is 0 Å². The molecule has 2 N–H and O–H groups in total. The van der Waals surface area contributed by atoms with Crippen LogP contribution in [0.25, 0.3) is 5.69 Å². The lowest BCUT2D eigenvalue weighted by Crippen LogP contribution is -2.48. The molecule has 2 atom stereocenters. The van der Waals surface area contributed by atoms with Crippen LogP contribution in [0.2, 0.25) is 0 Å². The fourth-order valence-electron chi connectivity index (χ4n) is 3.87. The van der Waals surface area contributed by atoms with Gasteiger partial charge in [-0.15, -0.1) is 0 Å². The van der Waals surface area contributed by atoms with Crippen LogP contribution >= 0.6 is 0 Å². The Bertz CT molecular complexity index is 737. The third-order valence-electron chi connectivity index (χ3n) is 5.25. The molecule has 1 aromatic heterocycles. The Morgan fingerprint density at radius 2 is 2.12 bits per heavy atom. The molecular formula is C19H24N4O. The molecule has 1 aliphatic heterocycles. The van der Waals surface area contributed by atoms with Gasteiger partial charge < -0.3 is 10.6 Å². The van der Waals surface area contributed by atoms with Gasteiger partial charge in [0.2, 0.25) is 0 Å². The fourth-order valence-corrected chi connectivity index (χ4v) is 3.87. The molecule has 126 valence electrons. The van der Waals surface area contributed by atoms with Crippen molar-refractivity contribution in [3.8, 4) is 5.69 Å². The quantitative estimate of drug-likeness (QED) is 0.909. The van der Waals surface area contributed by atoms with Crippen molar-refractivity contribution in [2.24, 2.45) is 5.92 Å². The smallest absolute Gasteiger partial charge is 0.272 e. The van der Waals surface area contributed by atoms with E-state index in [9.17, 15) is 4.79 Å². The molecule has 1 fully saturated rings. The number of benzene rings is 1. The van der Waals surface area contributed by atoms with Crippen molar-refractivity contribution in [2.75, 3.05) is 13.1 Å². The minimum absolute atomic E-state index is 0.0124. The van der Waals surface area contributed by atoms with Gasteiger partial charge in [0.1, 0.15) is 0 Å². The molecule has 0 bridgehead atoms. The normalized spacial score (nSPS) is 23.0. The number of hydrogen-bond donors (Lipinski definition) is 2. The number of amides is 1. The lowest BCUT2D eigenvalue weighted by atomic mass is 9.95. The number of aromatic nitrogens is 2. The Kier molecular flexibility index (Phi) is 4.10. The van der Waals surface area contributed by atoms with E-state index in [0.717, 1.165) is 50.0 Å². The summed E-state index contributed by atoms with van der Waals surface area (Å²) in [7, 11) is 0. The van der Waals surface area contributed by atoms with E-state index < -0.39 is 0 Å². The van der Waals surface area contributed by atoms with Crippen LogP contribution in [-0.2, 0) is 12.8 Å². The van der Waals surface area contributed by atoms with Crippen LogP contribution in [-0.4, -0.2) is 34.8 Å². The minimum Gasteiger partial charge on any atom is -0.348 e. The maximum Gasteiger partial charge on any atom is 0.272 e. The van der Waals surface area contributed by atoms with Crippen molar-refractivity contribution in [2.45, 2.75) is 38.6 Å². The lowest BCUT2D eigenvalue weighted by Gasteiger charge is -2.30. The summed E-state index contributed by atoms with van der Waals surface area (Å²) in [5.74, 6) is 0.438. The molecule has 0 spiro atoms. The highest BCUT2D eigenvalue weighted by molar-refractivity contribution is 5.94. The van der Waals surface area contributed by atoms with Gasteiger partial charge in [-0.1, -0.05) is 25.1 Å². The second-order valence-electron chi connectivity index (χ2n) is 6.92. The zero-order chi connectivity index (χ0) is 16.5. The van der Waals surface area contributed by atoms with E-state index in [-0.39, 0.29) is 11.9 Å². The van der Waals surface area contributed by atoms with Crippen molar-refractivity contribution in [3.05, 3.63) is 47.3 Å². The molecule has 0 saturated carbocycles. The molecule has 24 heavy (non-hydrogen) atoms. The number of carbonyl (C=O) groups is 1. The van der Waals surface area contributed by atoms with E-state index in [4.69, 9.17) is 0 Å². The number of piperidine rings is 1. The number of nitrogens with one attached hydrogen (secondary N) is 2. The summed E-state index contributed by atoms with van der Waals surface area (Å²) in [4.78, 5) is 12.9. The van der Waals surface area contributed by atoms with E-state index in [1.807, 2.05) is 35.0 Å². The molecule has 0 radical (unpaired) electrons. The van der Waals surface area contributed by atoms with Gasteiger partial charge in [-0.25, -0.2) is 4.68 Å². The molecule has 2 aromatic rings. The molecule has 1 saturated heterocycles. The van der Waals surface area contributed by atoms with Crippen molar-refractivity contribution in [1.82, 2.24) is 20.4 Å². The van der Waals surface area contributed by atoms with Gasteiger partial charge in [0.05, 0.1) is 5.69 Å². The summed E-state index contributed by atoms with van der Waals surface area (Å²) >= 11 is 0. The highest BCUT2D eigenvalue weighted by atomic mass is 16.2. The summed E-state index contributed by atoms with van der Waals surface area (Å²) in [6, 6.07) is 10.3. The first-order chi connectivity index (χ1) is 11.7. The van der Waals surface area contributed by atoms with Gasteiger partial charge in [-0.2, -0.15) is 5.10 Å². The van der Waals surface area contributed by atoms with E-state index >= 15 is 0 Å². The van der Waals surface area contributed by atoms with E-state index in [1.54, 1.807) is 0 Å². The second kappa shape index (κ2) is 6.40. The average molecular weight is 324 g/mol. The SMILES string of the molecule is CC1CNCCC1NC(=O)c1nn(-c2ccccc2)c2c1CCC2. The molecule has 1 amide bonds. The number of hydrogen-bond acceptors (Lipinski definition) is 3. The third-order valence-corrected chi connectivity index (χ3v) is 5.25. The molecule has 5 heteroatoms. The molecule has 5 nitrogen and oxygen atoms in total. The molecular weight excluding hydrogens is 300 g/mol. The summed E-state index contributed by atoms with van der Waals surface area (Å²) in [5, 5.41) is 11.3. The Hall–Kier alpha value is -2.14. The van der Waals surface area contributed by atoms with Crippen molar-refractivity contribution in [3.63, 3.8) is 0 Å². The van der Waals surface area contributed by atoms with Crippen LogP contribution in [0.5, 0.6) is 0 Å². The molecule has 2 aliphatic rings. The van der Waals surface area contributed by atoms with Gasteiger partial charge in [-0.05, 0) is 56.8 Å². The Balaban J connectivity index is 1.63. The predicted octanol–water partition coefficient (Wildman–Crippen LogP) is 2.09. The van der Waals surface area contributed by atoms with E-state index in [0.29, 0.717) is 11.6 Å². The number of para-hydroxylation sites is 1. The average Bonchev–Trinajstić information content (AvgIpc) is 3.20. The standard InChI is InChI=1S/C19H24N4O/c1-13-12-20-11-10-16(13)21-19(24)18-15-8-5-9-17(15)23(22-18)14-6-3-2-4-7-14/h2-4,6-7,13,16,20H,5,8-12H2,1H3,(H,21,24). The van der Waals surface area contributed by atoms with E-state index in [2.05, 4.69) is 22.7 Å². The zero-order valence-electron chi connectivity index (χ0n) is 14.1. The third kappa shape index (κ3) is 2.73. The molecule has 2 unspecified atom stereocenters. The van der Waals surface area contributed by atoms with Crippen molar-refractivity contribution >= 4 is 5.91 Å². The van der Waals surface area contributed by atoms with Crippen LogP contribution < -0.4 is 10.6 Å². The largest absolute Gasteiger partial charge is 0.348 e. The minimum atomic E-state index is -0.0124. The van der Waals surface area contributed by atoms with Gasteiger partial charge in [-0.3, -0.25) is 4.79 Å². The second-order valence-corrected chi connectivity index (χ2v) is 6.92. The number of nitrogens with zero attached hydrogens (tertiary/aromatic N) is 2. The summed E-state index contributed by atoms with van der Waals surface area (Å²) in [6.45, 7) is 4.11. The maximum atomic E-state index is 12.9. The summed E-state index contributed by atoms with van der Waals surface area (Å²) in [5.41, 5.74) is 3.99. The number of fused-ring (bicyclic) bond motifs is 1. The van der Waals surface area contributed by atoms with Gasteiger partial charge in [0, 0.05) is 17.3 Å². The van der Waals surface area contributed by atoms with Crippen LogP contribution in [0, 0.1) is 5.92 Å². The van der Waals surface area contributed by atoms with Gasteiger partial charge in [0.15, 0.2) is 5.69 Å². The molecule has 2 heterocycles. The van der Waals surface area contributed by atoms with Crippen molar-refractivity contribution in [1.29, 1.82) is 0 Å². The number of rotatable bonds is 3. The first-order valence-corrected chi connectivity index (χ1v) is 8.92. The highest BCUT2D eigenvalue weighted by Crippen LogP contribution is 2.28. The maximum absolute atomic E-state index is 12.9. The lowest BCUT2D eigenvalue weighted by molar-refractivity contribution is 0.0907. The molecule has 1 aromatic carbocycles. The van der Waals surface area contributed by atoms with Gasteiger partial charge in [0.25, 0.3) is 5.91 Å². The summed E-state index contributed by atoms with van der Waals surface area (Å²) < 4.78 is 1.96. The first-order valence-electron chi connectivity index (χ1n) is 8.92. The summed E-state index contributed by atoms with van der Waals surface area (Å²) in [6.07, 6.45) is 4.03. The van der Waals surface area contributed by atoms with Crippen LogP contribution in [0.1, 0.15) is 41.5 Å². The monoisotopic (exact) mass is 324 g/mol. The topological polar surface area (TPSA) is 58.9 Å². The van der Waals surface area contributed by atoms with Crippen molar-refractivity contribution < 1.29 is 4.79 Å². The Morgan fingerprint density at radius 1 is 1.29 bits per heavy atom. The Morgan fingerprint density at radius 3 is 2.92 bits per heavy atom. The number of carbonyl (C=O) groups excluding carboxylic acids is 1. The zero-order valence-corrected chi connectivity index (χ0v) is 14.1. The van der Waals surface area contributed by atoms with Crippen LogP contribution in [0.15, 0.2) is 30.3 Å². The van der Waals surface area contributed by atoms with Crippen LogP contribution in [0.4, 0.5) is 0 Å². The predicted molar refractivity (Wildman–Crippen MR) is 93.5 cm³/mol. The highest BCUT2D eigenvalue weighted by Gasteiger charge is 2.29. The Labute approximate surface area is 142 Å². The van der Waals surface area contributed by atoms with E-state index in [1.165, 1.54) is 5.69 Å². The van der Waals surface area contributed by atoms with Gasteiger partial charge >= 0.3 is 0 Å². The fraction of sp³-hybridized carbons (Fsp3) is 0.474. The molecule has 1 aliphatic carbocycles. The first kappa shape index (κ1) is 15.4.